The molecule has 6 nitrogen and oxygen atoms in total. The lowest BCUT2D eigenvalue weighted by Crippen LogP contribution is -2.48. The first kappa shape index (κ1) is 22.9. The Kier molecular flexibility index (Phi) is 5.86. The smallest absolute Gasteiger partial charge is 0.247 e. The van der Waals surface area contributed by atoms with Crippen LogP contribution >= 0.6 is 0 Å². The molecule has 0 spiro atoms. The predicted octanol–water partition coefficient (Wildman–Crippen LogP) is 4.83. The predicted molar refractivity (Wildman–Crippen MR) is 137 cm³/mol. The summed E-state index contributed by atoms with van der Waals surface area (Å²) in [6.07, 6.45) is 2.58. The van der Waals surface area contributed by atoms with Gasteiger partial charge in [-0.15, -0.1) is 0 Å². The van der Waals surface area contributed by atoms with Gasteiger partial charge in [-0.05, 0) is 69.0 Å². The quantitative estimate of drug-likeness (QED) is 0.552. The van der Waals surface area contributed by atoms with Crippen molar-refractivity contribution in [2.75, 3.05) is 23.3 Å². The van der Waals surface area contributed by atoms with Crippen LogP contribution in [-0.4, -0.2) is 42.9 Å². The van der Waals surface area contributed by atoms with E-state index in [1.54, 1.807) is 16.6 Å². The highest BCUT2D eigenvalue weighted by Crippen LogP contribution is 2.39. The average Bonchev–Trinajstić information content (AvgIpc) is 3.42. The van der Waals surface area contributed by atoms with Gasteiger partial charge < -0.3 is 10.2 Å². The Morgan fingerprint density at radius 2 is 1.74 bits per heavy atom. The second-order valence-electron chi connectivity index (χ2n) is 9.69. The van der Waals surface area contributed by atoms with E-state index in [0.29, 0.717) is 12.4 Å². The first-order chi connectivity index (χ1) is 16.2. The van der Waals surface area contributed by atoms with Crippen molar-refractivity contribution in [2.24, 2.45) is 0 Å². The Labute approximate surface area is 202 Å². The van der Waals surface area contributed by atoms with E-state index in [9.17, 15) is 8.42 Å². The van der Waals surface area contributed by atoms with Crippen LogP contribution in [0.5, 0.6) is 0 Å². The summed E-state index contributed by atoms with van der Waals surface area (Å²) >= 11 is 0. The van der Waals surface area contributed by atoms with Crippen LogP contribution in [0.3, 0.4) is 0 Å². The third-order valence-electron chi connectivity index (χ3n) is 7.10. The van der Waals surface area contributed by atoms with E-state index in [-0.39, 0.29) is 23.0 Å². The van der Waals surface area contributed by atoms with Crippen molar-refractivity contribution in [1.82, 2.24) is 9.29 Å². The Bertz CT molecular complexity index is 1310. The molecule has 2 saturated heterocycles. The Hall–Kier alpha value is -2.90. The number of hydrogen-bond acceptors (Lipinski definition) is 5. The Morgan fingerprint density at radius 3 is 2.41 bits per heavy atom. The monoisotopic (exact) mass is 476 g/mol. The van der Waals surface area contributed by atoms with Crippen LogP contribution in [0.1, 0.15) is 41.6 Å². The number of aromatic nitrogens is 1. The number of hydrogen-bond donors (Lipinski definition) is 1. The van der Waals surface area contributed by atoms with Gasteiger partial charge >= 0.3 is 0 Å². The summed E-state index contributed by atoms with van der Waals surface area (Å²) in [5.41, 5.74) is 5.51. The summed E-state index contributed by atoms with van der Waals surface area (Å²) in [4.78, 5) is 7.13. The van der Waals surface area contributed by atoms with Gasteiger partial charge in [0, 0.05) is 37.1 Å². The molecule has 2 aromatic carbocycles. The zero-order valence-corrected chi connectivity index (χ0v) is 21.0. The summed E-state index contributed by atoms with van der Waals surface area (Å²) < 4.78 is 29.5. The van der Waals surface area contributed by atoms with Crippen molar-refractivity contribution >= 4 is 21.5 Å². The number of nitrogens with zero attached hydrogens (tertiary/aromatic N) is 3. The van der Waals surface area contributed by atoms with Gasteiger partial charge in [0.25, 0.3) is 0 Å². The lowest BCUT2D eigenvalue weighted by atomic mass is 10.0. The van der Waals surface area contributed by atoms with Crippen LogP contribution in [0.4, 0.5) is 11.5 Å². The Morgan fingerprint density at radius 1 is 0.971 bits per heavy atom. The average molecular weight is 477 g/mol. The summed E-state index contributed by atoms with van der Waals surface area (Å²) in [5.74, 6) is 0.417. The maximum Gasteiger partial charge on any atom is 0.247 e. The summed E-state index contributed by atoms with van der Waals surface area (Å²) in [6, 6.07) is 18.4. The number of anilines is 2. The molecule has 34 heavy (non-hydrogen) atoms. The molecule has 2 aliphatic heterocycles. The molecule has 3 atom stereocenters. The number of nitrogens with one attached hydrogen (secondary N) is 1. The van der Waals surface area contributed by atoms with Crippen molar-refractivity contribution in [3.05, 3.63) is 83.0 Å². The molecule has 1 unspecified atom stereocenters. The minimum atomic E-state index is -3.69. The van der Waals surface area contributed by atoms with E-state index in [1.165, 1.54) is 11.1 Å². The molecule has 2 aliphatic rings. The molecule has 0 radical (unpaired) electrons. The normalized spacial score (nSPS) is 21.1. The van der Waals surface area contributed by atoms with E-state index in [0.717, 1.165) is 29.8 Å². The maximum absolute atomic E-state index is 13.9. The minimum absolute atomic E-state index is 0.0275. The molecule has 2 fully saturated rings. The molecule has 0 aliphatic carbocycles. The summed E-state index contributed by atoms with van der Waals surface area (Å²) in [7, 11) is -3.69. The first-order valence-electron chi connectivity index (χ1n) is 11.9. The van der Waals surface area contributed by atoms with E-state index >= 15 is 0 Å². The van der Waals surface area contributed by atoms with Gasteiger partial charge in [-0.1, -0.05) is 42.0 Å². The van der Waals surface area contributed by atoms with E-state index in [1.807, 2.05) is 32.0 Å². The highest BCUT2D eigenvalue weighted by molar-refractivity contribution is 7.89. The number of rotatable bonds is 6. The Balaban J connectivity index is 1.41. The van der Waals surface area contributed by atoms with Crippen LogP contribution in [0.15, 0.2) is 65.7 Å². The SMILES string of the molecule is Cc1ccc(C(C)Nc2ncc(C)cc2S(=O)(=O)N2C[C@@H]3C[C@H]2CN3c2ccccc2)c(C)c1. The minimum Gasteiger partial charge on any atom is -0.366 e. The van der Waals surface area contributed by atoms with Crippen LogP contribution in [0, 0.1) is 20.8 Å². The zero-order valence-electron chi connectivity index (χ0n) is 20.2. The zero-order chi connectivity index (χ0) is 24.0. The van der Waals surface area contributed by atoms with Crippen LogP contribution in [-0.2, 0) is 10.0 Å². The van der Waals surface area contributed by atoms with Crippen molar-refractivity contribution in [3.8, 4) is 0 Å². The molecule has 178 valence electrons. The molecular formula is C27H32N4O2S. The van der Waals surface area contributed by atoms with E-state index < -0.39 is 10.0 Å². The number of pyridine rings is 1. The molecule has 1 N–H and O–H groups in total. The van der Waals surface area contributed by atoms with Crippen LogP contribution in [0.25, 0.3) is 0 Å². The first-order valence-corrected chi connectivity index (χ1v) is 13.3. The van der Waals surface area contributed by atoms with Crippen molar-refractivity contribution in [2.45, 2.75) is 57.1 Å². The molecule has 3 heterocycles. The second kappa shape index (κ2) is 8.71. The van der Waals surface area contributed by atoms with E-state index in [4.69, 9.17) is 0 Å². The number of aryl methyl sites for hydroxylation is 3. The third-order valence-corrected chi connectivity index (χ3v) is 9.03. The van der Waals surface area contributed by atoms with Gasteiger partial charge in [0.2, 0.25) is 10.0 Å². The maximum atomic E-state index is 13.9. The van der Waals surface area contributed by atoms with Gasteiger partial charge in [-0.2, -0.15) is 4.31 Å². The summed E-state index contributed by atoms with van der Waals surface area (Å²) in [6.45, 7) is 9.31. The fourth-order valence-electron chi connectivity index (χ4n) is 5.43. The standard InChI is InChI=1S/C27H32N4O2S/c1-18-10-11-25(20(3)12-18)21(4)29-27-26(13-19(2)15-28-27)34(32,33)31-17-23-14-24(31)16-30(23)22-8-6-5-7-9-22/h5-13,15,21,23-24H,14,16-17H2,1-4H3,(H,28,29)/t21?,23-,24-/m0/s1. The molecule has 0 amide bonds. The molecule has 3 aromatic rings. The lowest BCUT2D eigenvalue weighted by molar-refractivity contribution is 0.368. The third kappa shape index (κ3) is 4.07. The fourth-order valence-corrected chi connectivity index (χ4v) is 7.29. The van der Waals surface area contributed by atoms with Crippen molar-refractivity contribution in [1.29, 1.82) is 0 Å². The number of sulfonamides is 1. The van der Waals surface area contributed by atoms with Gasteiger partial charge in [0.1, 0.15) is 10.7 Å². The number of fused-ring (bicyclic) bond motifs is 2. The highest BCUT2D eigenvalue weighted by atomic mass is 32.2. The molecule has 0 saturated carbocycles. The number of benzene rings is 2. The van der Waals surface area contributed by atoms with Crippen molar-refractivity contribution in [3.63, 3.8) is 0 Å². The highest BCUT2D eigenvalue weighted by Gasteiger charge is 2.49. The van der Waals surface area contributed by atoms with Crippen LogP contribution < -0.4 is 10.2 Å². The molecule has 7 heteroatoms. The largest absolute Gasteiger partial charge is 0.366 e. The number of para-hydroxylation sites is 1. The molecular weight excluding hydrogens is 444 g/mol. The van der Waals surface area contributed by atoms with E-state index in [2.05, 4.69) is 59.4 Å². The molecule has 1 aromatic heterocycles. The molecule has 5 rings (SSSR count). The van der Waals surface area contributed by atoms with Gasteiger partial charge in [-0.25, -0.2) is 13.4 Å². The lowest BCUT2D eigenvalue weighted by Gasteiger charge is -2.35. The topological polar surface area (TPSA) is 65.5 Å². The summed E-state index contributed by atoms with van der Waals surface area (Å²) in [5, 5.41) is 3.40. The van der Waals surface area contributed by atoms with Gasteiger partial charge in [0.05, 0.1) is 6.04 Å². The van der Waals surface area contributed by atoms with Crippen LogP contribution in [0.2, 0.25) is 0 Å². The van der Waals surface area contributed by atoms with Gasteiger partial charge in [-0.3, -0.25) is 0 Å². The fraction of sp³-hybridized carbons (Fsp3) is 0.370. The van der Waals surface area contributed by atoms with Crippen molar-refractivity contribution < 1.29 is 8.42 Å². The van der Waals surface area contributed by atoms with Gasteiger partial charge in [0.15, 0.2) is 0 Å². The molecule has 2 bridgehead atoms. The number of piperazine rings is 1. The second-order valence-corrected chi connectivity index (χ2v) is 11.6.